The maximum atomic E-state index is 3.75. The highest BCUT2D eigenvalue weighted by Gasteiger charge is 2.18. The van der Waals surface area contributed by atoms with Crippen LogP contribution < -0.4 is 5.32 Å². The number of nitrogens with zero attached hydrogens (tertiary/aromatic N) is 1. The van der Waals surface area contributed by atoms with E-state index in [-0.39, 0.29) is 0 Å². The summed E-state index contributed by atoms with van der Waals surface area (Å²) in [4.78, 5) is 2.57. The molecule has 0 bridgehead atoms. The van der Waals surface area contributed by atoms with Crippen molar-refractivity contribution >= 4 is 15.9 Å². The molecule has 1 saturated heterocycles. The van der Waals surface area contributed by atoms with Gasteiger partial charge in [0.1, 0.15) is 0 Å². The molecule has 3 heteroatoms. The summed E-state index contributed by atoms with van der Waals surface area (Å²) >= 11 is 3.64. The molecule has 2 aromatic carbocycles. The van der Waals surface area contributed by atoms with Crippen LogP contribution in [-0.4, -0.2) is 24.5 Å². The van der Waals surface area contributed by atoms with Gasteiger partial charge in [-0.05, 0) is 43.1 Å². The van der Waals surface area contributed by atoms with Crippen molar-refractivity contribution in [3.8, 4) is 0 Å². The molecule has 1 heterocycles. The third-order valence-electron chi connectivity index (χ3n) is 4.34. The molecule has 1 N–H and O–H groups in total. The summed E-state index contributed by atoms with van der Waals surface area (Å²) in [5, 5.41) is 3.75. The van der Waals surface area contributed by atoms with Crippen LogP contribution in [-0.2, 0) is 6.54 Å². The second-order valence-corrected chi connectivity index (χ2v) is 6.80. The number of hydrogen-bond acceptors (Lipinski definition) is 2. The second kappa shape index (κ2) is 7.91. The first kappa shape index (κ1) is 15.7. The Morgan fingerprint density at radius 1 is 0.955 bits per heavy atom. The summed E-state index contributed by atoms with van der Waals surface area (Å²) in [5.41, 5.74) is 2.69. The van der Waals surface area contributed by atoms with E-state index < -0.39 is 0 Å². The van der Waals surface area contributed by atoms with Gasteiger partial charge in [0.15, 0.2) is 0 Å². The van der Waals surface area contributed by atoms with E-state index in [9.17, 15) is 0 Å². The van der Waals surface area contributed by atoms with Crippen LogP contribution in [0.25, 0.3) is 0 Å². The molecule has 2 nitrogen and oxygen atoms in total. The largest absolute Gasteiger partial charge is 0.305 e. The van der Waals surface area contributed by atoms with Crippen LogP contribution in [0.2, 0.25) is 0 Å². The first-order valence-electron chi connectivity index (χ1n) is 8.07. The number of likely N-dealkylation sites (tertiary alicyclic amines) is 1. The van der Waals surface area contributed by atoms with Crippen LogP contribution in [0.1, 0.15) is 30.0 Å². The molecular weight excluding hydrogens is 336 g/mol. The number of halogens is 1. The summed E-state index contributed by atoms with van der Waals surface area (Å²) in [7, 11) is 0. The summed E-state index contributed by atoms with van der Waals surface area (Å²) in [6, 6.07) is 19.6. The molecule has 0 spiro atoms. The molecule has 0 aromatic heterocycles. The first-order chi connectivity index (χ1) is 10.8. The van der Waals surface area contributed by atoms with Crippen molar-refractivity contribution in [1.82, 2.24) is 10.2 Å². The molecule has 0 aliphatic carbocycles. The van der Waals surface area contributed by atoms with Gasteiger partial charge in [0.25, 0.3) is 0 Å². The van der Waals surface area contributed by atoms with Gasteiger partial charge in [-0.2, -0.15) is 0 Å². The van der Waals surface area contributed by atoms with Crippen molar-refractivity contribution < 1.29 is 0 Å². The average molecular weight is 359 g/mol. The first-order valence-corrected chi connectivity index (χ1v) is 8.86. The molecule has 1 atom stereocenters. The van der Waals surface area contributed by atoms with Gasteiger partial charge in [-0.1, -0.05) is 64.5 Å². The SMILES string of the molecule is Brc1ccccc1CNC(CN1CCCC1)c1ccccc1. The van der Waals surface area contributed by atoms with Gasteiger partial charge in [0.2, 0.25) is 0 Å². The molecule has 0 radical (unpaired) electrons. The zero-order valence-corrected chi connectivity index (χ0v) is 14.4. The van der Waals surface area contributed by atoms with Gasteiger partial charge >= 0.3 is 0 Å². The Balaban J connectivity index is 1.69. The van der Waals surface area contributed by atoms with Crippen LogP contribution in [0.4, 0.5) is 0 Å². The summed E-state index contributed by atoms with van der Waals surface area (Å²) in [6.45, 7) is 4.45. The topological polar surface area (TPSA) is 15.3 Å². The Morgan fingerprint density at radius 3 is 2.36 bits per heavy atom. The molecule has 0 amide bonds. The van der Waals surface area contributed by atoms with Gasteiger partial charge in [-0.25, -0.2) is 0 Å². The van der Waals surface area contributed by atoms with Crippen molar-refractivity contribution in [3.05, 3.63) is 70.2 Å². The normalized spacial score (nSPS) is 16.8. The minimum atomic E-state index is 0.381. The van der Waals surface area contributed by atoms with Crippen LogP contribution in [0.3, 0.4) is 0 Å². The second-order valence-electron chi connectivity index (χ2n) is 5.94. The molecule has 22 heavy (non-hydrogen) atoms. The Labute approximate surface area is 141 Å². The number of hydrogen-bond donors (Lipinski definition) is 1. The fourth-order valence-corrected chi connectivity index (χ4v) is 3.50. The summed E-state index contributed by atoms with van der Waals surface area (Å²) in [6.07, 6.45) is 2.68. The highest BCUT2D eigenvalue weighted by atomic mass is 79.9. The van der Waals surface area contributed by atoms with Gasteiger partial charge < -0.3 is 10.2 Å². The third-order valence-corrected chi connectivity index (χ3v) is 5.11. The van der Waals surface area contributed by atoms with Crippen molar-refractivity contribution in [2.75, 3.05) is 19.6 Å². The van der Waals surface area contributed by atoms with E-state index in [1.165, 1.54) is 41.5 Å². The Hall–Kier alpha value is -1.16. The van der Waals surface area contributed by atoms with E-state index >= 15 is 0 Å². The fourth-order valence-electron chi connectivity index (χ4n) is 3.07. The number of nitrogens with one attached hydrogen (secondary N) is 1. The van der Waals surface area contributed by atoms with E-state index in [4.69, 9.17) is 0 Å². The van der Waals surface area contributed by atoms with Crippen LogP contribution in [0, 0.1) is 0 Å². The standard InChI is InChI=1S/C19H23BrN2/c20-18-11-5-4-10-17(18)14-21-19(15-22-12-6-7-13-22)16-8-2-1-3-9-16/h1-5,8-11,19,21H,6-7,12-15H2. The molecule has 1 aliphatic heterocycles. The predicted molar refractivity (Wildman–Crippen MR) is 95.8 cm³/mol. The lowest BCUT2D eigenvalue weighted by molar-refractivity contribution is 0.291. The average Bonchev–Trinajstić information content (AvgIpc) is 3.07. The summed E-state index contributed by atoms with van der Waals surface area (Å²) < 4.78 is 1.18. The Bertz CT molecular complexity index is 579. The minimum Gasteiger partial charge on any atom is -0.305 e. The zero-order chi connectivity index (χ0) is 15.2. The molecule has 0 saturated carbocycles. The lowest BCUT2D eigenvalue weighted by Gasteiger charge is -2.25. The van der Waals surface area contributed by atoms with Gasteiger partial charge in [-0.15, -0.1) is 0 Å². The highest BCUT2D eigenvalue weighted by Crippen LogP contribution is 2.20. The van der Waals surface area contributed by atoms with Crippen molar-refractivity contribution in [3.63, 3.8) is 0 Å². The third kappa shape index (κ3) is 4.19. The molecular formula is C19H23BrN2. The predicted octanol–water partition coefficient (Wildman–Crippen LogP) is 4.38. The highest BCUT2D eigenvalue weighted by molar-refractivity contribution is 9.10. The molecule has 2 aromatic rings. The van der Waals surface area contributed by atoms with Crippen LogP contribution >= 0.6 is 15.9 Å². The maximum absolute atomic E-state index is 3.75. The molecule has 116 valence electrons. The van der Waals surface area contributed by atoms with Gasteiger partial charge in [0.05, 0.1) is 0 Å². The van der Waals surface area contributed by atoms with E-state index in [2.05, 4.69) is 80.7 Å². The lowest BCUT2D eigenvalue weighted by atomic mass is 10.1. The molecule has 3 rings (SSSR count). The van der Waals surface area contributed by atoms with Crippen LogP contribution in [0.15, 0.2) is 59.1 Å². The Morgan fingerprint density at radius 2 is 1.64 bits per heavy atom. The fraction of sp³-hybridized carbons (Fsp3) is 0.368. The van der Waals surface area contributed by atoms with Gasteiger partial charge in [-0.3, -0.25) is 0 Å². The zero-order valence-electron chi connectivity index (χ0n) is 12.8. The van der Waals surface area contributed by atoms with Gasteiger partial charge in [0, 0.05) is 23.6 Å². The van der Waals surface area contributed by atoms with E-state index in [1.54, 1.807) is 0 Å². The van der Waals surface area contributed by atoms with Crippen molar-refractivity contribution in [2.45, 2.75) is 25.4 Å². The molecule has 1 fully saturated rings. The van der Waals surface area contributed by atoms with Crippen molar-refractivity contribution in [1.29, 1.82) is 0 Å². The monoisotopic (exact) mass is 358 g/mol. The molecule has 1 unspecified atom stereocenters. The van der Waals surface area contributed by atoms with E-state index in [0.29, 0.717) is 6.04 Å². The Kier molecular flexibility index (Phi) is 5.65. The van der Waals surface area contributed by atoms with E-state index in [1.807, 2.05) is 0 Å². The van der Waals surface area contributed by atoms with Crippen molar-refractivity contribution in [2.24, 2.45) is 0 Å². The number of rotatable bonds is 6. The summed E-state index contributed by atoms with van der Waals surface area (Å²) in [5.74, 6) is 0. The lowest BCUT2D eigenvalue weighted by Crippen LogP contribution is -2.33. The number of benzene rings is 2. The minimum absolute atomic E-state index is 0.381. The van der Waals surface area contributed by atoms with E-state index in [0.717, 1.165) is 13.1 Å². The maximum Gasteiger partial charge on any atom is 0.0451 e. The molecule has 1 aliphatic rings. The van der Waals surface area contributed by atoms with Crippen LogP contribution in [0.5, 0.6) is 0 Å². The smallest absolute Gasteiger partial charge is 0.0451 e. The quantitative estimate of drug-likeness (QED) is 0.824.